The Bertz CT molecular complexity index is 229. The van der Waals surface area contributed by atoms with E-state index in [0.29, 0.717) is 6.54 Å². The van der Waals surface area contributed by atoms with Gasteiger partial charge in [0.25, 0.3) is 5.91 Å². The summed E-state index contributed by atoms with van der Waals surface area (Å²) >= 11 is 0. The molecule has 0 aromatic heterocycles. The Morgan fingerprint density at radius 3 is 2.20 bits per heavy atom. The lowest BCUT2D eigenvalue weighted by Crippen LogP contribution is -2.45. The Hall–Kier alpha value is -1.10. The molecule has 0 heterocycles. The molecule has 0 rings (SSSR count). The number of nitrogens with two attached hydrogens (primary N) is 1. The van der Waals surface area contributed by atoms with Crippen molar-refractivity contribution < 1.29 is 14.3 Å². The van der Waals surface area contributed by atoms with Gasteiger partial charge in [-0.05, 0) is 12.8 Å². The molecule has 5 nitrogen and oxygen atoms in total. The molecule has 0 aliphatic rings. The predicted octanol–water partition coefficient (Wildman–Crippen LogP) is -0.00880. The largest absolute Gasteiger partial charge is 0.372 e. The molecule has 5 heteroatoms. The van der Waals surface area contributed by atoms with Crippen molar-refractivity contribution in [1.82, 2.24) is 4.90 Å². The zero-order valence-electron chi connectivity index (χ0n) is 9.82. The van der Waals surface area contributed by atoms with Crippen molar-refractivity contribution in [2.24, 2.45) is 11.7 Å². The number of primary amides is 1. The topological polar surface area (TPSA) is 72.6 Å². The third-order valence-electron chi connectivity index (χ3n) is 1.95. The number of ether oxygens (including phenoxy) is 1. The van der Waals surface area contributed by atoms with Gasteiger partial charge < -0.3 is 15.4 Å². The zero-order chi connectivity index (χ0) is 12.0. The molecule has 0 spiro atoms. The van der Waals surface area contributed by atoms with Gasteiger partial charge in [0.2, 0.25) is 5.91 Å². The molecule has 2 amide bonds. The van der Waals surface area contributed by atoms with Crippen LogP contribution in [0.3, 0.4) is 0 Å². The molecule has 0 saturated heterocycles. The summed E-state index contributed by atoms with van der Waals surface area (Å²) in [4.78, 5) is 24.0. The Morgan fingerprint density at radius 1 is 1.33 bits per heavy atom. The summed E-state index contributed by atoms with van der Waals surface area (Å²) in [5, 5.41) is 0. The maximum Gasteiger partial charge on any atom is 0.251 e. The number of hydrogen-bond donors (Lipinski definition) is 1. The molecule has 0 aromatic carbocycles. The van der Waals surface area contributed by atoms with Gasteiger partial charge in [-0.1, -0.05) is 13.8 Å². The molecule has 1 unspecified atom stereocenters. The molecule has 0 aromatic rings. The van der Waals surface area contributed by atoms with Gasteiger partial charge in [-0.25, -0.2) is 0 Å². The lowest BCUT2D eigenvalue weighted by atomic mass is 10.2. The molecule has 88 valence electrons. The fourth-order valence-electron chi connectivity index (χ4n) is 1.22. The summed E-state index contributed by atoms with van der Waals surface area (Å²) in [5.41, 5.74) is 5.07. The fourth-order valence-corrected chi connectivity index (χ4v) is 1.22. The minimum Gasteiger partial charge on any atom is -0.372 e. The standard InChI is InChI=1S/C10H20N2O3/c1-7(2)5-12(6-9(11)13)10(14)8(3)15-4/h7-8H,5-6H2,1-4H3,(H2,11,13). The van der Waals surface area contributed by atoms with Crippen LogP contribution in [0, 0.1) is 5.92 Å². The first-order valence-electron chi connectivity index (χ1n) is 4.98. The number of carbonyl (C=O) groups is 2. The van der Waals surface area contributed by atoms with Gasteiger partial charge in [-0.3, -0.25) is 9.59 Å². The molecular formula is C10H20N2O3. The van der Waals surface area contributed by atoms with E-state index in [1.165, 1.54) is 12.0 Å². The summed E-state index contributed by atoms with van der Waals surface area (Å²) in [6.45, 7) is 6.05. The molecule has 1 atom stereocenters. The Morgan fingerprint density at radius 2 is 1.87 bits per heavy atom. The minimum absolute atomic E-state index is 0.0509. The molecule has 2 N–H and O–H groups in total. The summed E-state index contributed by atoms with van der Waals surface area (Å²) < 4.78 is 4.91. The van der Waals surface area contributed by atoms with Crippen LogP contribution in [0.4, 0.5) is 0 Å². The van der Waals surface area contributed by atoms with Crippen molar-refractivity contribution in [3.8, 4) is 0 Å². The number of rotatable bonds is 6. The summed E-state index contributed by atoms with van der Waals surface area (Å²) in [6, 6.07) is 0. The number of nitrogens with zero attached hydrogens (tertiary/aromatic N) is 1. The highest BCUT2D eigenvalue weighted by Gasteiger charge is 2.22. The second kappa shape index (κ2) is 6.40. The number of hydrogen-bond acceptors (Lipinski definition) is 3. The smallest absolute Gasteiger partial charge is 0.251 e. The highest BCUT2D eigenvalue weighted by Crippen LogP contribution is 2.03. The zero-order valence-corrected chi connectivity index (χ0v) is 9.82. The van der Waals surface area contributed by atoms with Crippen LogP contribution in [-0.2, 0) is 14.3 Å². The van der Waals surface area contributed by atoms with Gasteiger partial charge in [0.05, 0.1) is 6.54 Å². The van der Waals surface area contributed by atoms with Gasteiger partial charge in [0, 0.05) is 13.7 Å². The van der Waals surface area contributed by atoms with Crippen molar-refractivity contribution >= 4 is 11.8 Å². The summed E-state index contributed by atoms with van der Waals surface area (Å²) in [5.74, 6) is -0.422. The first-order valence-corrected chi connectivity index (χ1v) is 4.98. The SMILES string of the molecule is COC(C)C(=O)N(CC(N)=O)CC(C)C. The second-order valence-electron chi connectivity index (χ2n) is 3.96. The predicted molar refractivity (Wildman–Crippen MR) is 57.1 cm³/mol. The van der Waals surface area contributed by atoms with E-state index in [2.05, 4.69) is 0 Å². The van der Waals surface area contributed by atoms with Gasteiger partial charge in [-0.15, -0.1) is 0 Å². The van der Waals surface area contributed by atoms with Crippen LogP contribution in [0.2, 0.25) is 0 Å². The molecule has 0 saturated carbocycles. The van der Waals surface area contributed by atoms with Gasteiger partial charge in [-0.2, -0.15) is 0 Å². The normalized spacial score (nSPS) is 12.6. The van der Waals surface area contributed by atoms with Crippen molar-refractivity contribution in [2.45, 2.75) is 26.9 Å². The maximum absolute atomic E-state index is 11.7. The monoisotopic (exact) mass is 216 g/mol. The molecular weight excluding hydrogens is 196 g/mol. The van der Waals surface area contributed by atoms with Crippen LogP contribution >= 0.6 is 0 Å². The fraction of sp³-hybridized carbons (Fsp3) is 0.800. The van der Waals surface area contributed by atoms with E-state index < -0.39 is 12.0 Å². The Labute approximate surface area is 90.6 Å². The van der Waals surface area contributed by atoms with E-state index in [1.54, 1.807) is 6.92 Å². The average molecular weight is 216 g/mol. The molecule has 0 fully saturated rings. The Kier molecular flexibility index (Phi) is 5.93. The van der Waals surface area contributed by atoms with E-state index in [4.69, 9.17) is 10.5 Å². The lowest BCUT2D eigenvalue weighted by Gasteiger charge is -2.25. The first kappa shape index (κ1) is 13.9. The van der Waals surface area contributed by atoms with Gasteiger partial charge in [0.1, 0.15) is 6.10 Å². The number of carbonyl (C=O) groups excluding carboxylic acids is 2. The van der Waals surface area contributed by atoms with Gasteiger partial charge >= 0.3 is 0 Å². The third kappa shape index (κ3) is 5.37. The molecule has 0 bridgehead atoms. The van der Waals surface area contributed by atoms with Crippen LogP contribution < -0.4 is 5.73 Å². The van der Waals surface area contributed by atoms with Crippen LogP contribution in [-0.4, -0.2) is 43.0 Å². The maximum atomic E-state index is 11.7. The lowest BCUT2D eigenvalue weighted by molar-refractivity contribution is -0.143. The second-order valence-corrected chi connectivity index (χ2v) is 3.96. The van der Waals surface area contributed by atoms with Crippen LogP contribution in [0.25, 0.3) is 0 Å². The van der Waals surface area contributed by atoms with Crippen LogP contribution in [0.1, 0.15) is 20.8 Å². The molecule has 0 aliphatic carbocycles. The van der Waals surface area contributed by atoms with Crippen molar-refractivity contribution in [2.75, 3.05) is 20.2 Å². The quantitative estimate of drug-likeness (QED) is 0.678. The van der Waals surface area contributed by atoms with Crippen molar-refractivity contribution in [3.05, 3.63) is 0 Å². The van der Waals surface area contributed by atoms with Crippen LogP contribution in [0.15, 0.2) is 0 Å². The molecule has 15 heavy (non-hydrogen) atoms. The molecule has 0 aliphatic heterocycles. The summed E-state index contributed by atoms with van der Waals surface area (Å²) in [6.07, 6.45) is -0.539. The minimum atomic E-state index is -0.539. The van der Waals surface area contributed by atoms with E-state index in [0.717, 1.165) is 0 Å². The first-order chi connectivity index (χ1) is 6.88. The highest BCUT2D eigenvalue weighted by molar-refractivity contribution is 5.86. The number of methoxy groups -OCH3 is 1. The average Bonchev–Trinajstić information content (AvgIpc) is 2.13. The van der Waals surface area contributed by atoms with E-state index in [-0.39, 0.29) is 18.4 Å². The highest BCUT2D eigenvalue weighted by atomic mass is 16.5. The van der Waals surface area contributed by atoms with Gasteiger partial charge in [0.15, 0.2) is 0 Å². The van der Waals surface area contributed by atoms with Crippen molar-refractivity contribution in [3.63, 3.8) is 0 Å². The van der Waals surface area contributed by atoms with E-state index in [9.17, 15) is 9.59 Å². The number of amides is 2. The third-order valence-corrected chi connectivity index (χ3v) is 1.95. The Balaban J connectivity index is 4.47. The van der Waals surface area contributed by atoms with Crippen LogP contribution in [0.5, 0.6) is 0 Å². The summed E-state index contributed by atoms with van der Waals surface area (Å²) in [7, 11) is 1.46. The van der Waals surface area contributed by atoms with E-state index >= 15 is 0 Å². The van der Waals surface area contributed by atoms with Crippen molar-refractivity contribution in [1.29, 1.82) is 0 Å². The molecule has 0 radical (unpaired) electrons. The van der Waals surface area contributed by atoms with E-state index in [1.807, 2.05) is 13.8 Å².